The van der Waals surface area contributed by atoms with Crippen molar-refractivity contribution in [2.45, 2.75) is 98.6 Å². The molecular formula is C46H57FN2O12. The molecule has 5 bridgehead atoms. The van der Waals surface area contributed by atoms with Crippen molar-refractivity contribution in [3.8, 4) is 23.0 Å². The minimum absolute atomic E-state index is 0.0132. The van der Waals surface area contributed by atoms with Crippen LogP contribution in [0, 0.1) is 36.4 Å². The molecule has 7 N–H and O–H groups in total. The van der Waals surface area contributed by atoms with Crippen LogP contribution in [0.4, 0.5) is 10.1 Å². The van der Waals surface area contributed by atoms with Crippen molar-refractivity contribution in [1.82, 2.24) is 5.32 Å². The Balaban J connectivity index is 1.65. The molecule has 6 rings (SSSR count). The number of amides is 1. The fraction of sp³-hybridized carbons (Fsp3) is 0.457. The molecule has 0 saturated heterocycles. The van der Waals surface area contributed by atoms with Crippen molar-refractivity contribution < 1.29 is 63.3 Å². The fourth-order valence-corrected chi connectivity index (χ4v) is 8.06. The highest BCUT2D eigenvalue weighted by Gasteiger charge is 2.50. The first kappa shape index (κ1) is 46.6. The predicted molar refractivity (Wildman–Crippen MR) is 226 cm³/mol. The van der Waals surface area contributed by atoms with Gasteiger partial charge in [0.25, 0.3) is 11.7 Å². The van der Waals surface area contributed by atoms with Crippen LogP contribution in [0.5, 0.6) is 23.0 Å². The Morgan fingerprint density at radius 2 is 1.61 bits per heavy atom. The standard InChI is InChI=1S/C46H57FN2O12/c1-22-11-10-12-23(2)45(57)49-36-31(21-48-19-17-29-13-15-30(47)16-14-29)40(54)33-34(41(36)55)39(53)27(6)43-35(33)44(56)46(8,61-43)59-20-18-32(58-9)24(3)42(60-28(7)50)26(5)38(52)25(4)37(22)51/h10-16,18,20,22,24-26,32,37-38,42,48,51-55H,17,19,21H2,1-9H3,(H,49,57)/b11-10+,20-18+,23-12-/t22-,24+,25+,26+,32-,37-,38+,42+,46-/m0/s1. The SMILES string of the molecule is CO[C@H]1/C=C/O[C@@]2(C)Oc3c(C)c(O)c4c(O)c(c(CNCCc5ccc(F)cc5)c(O)c4c3C2=O)NC(=O)/C(C)=C\C=C\[C@H](C)[C@H](O)[C@@H](C)[C@@H](O)[C@@H](C)[C@H](OC(C)=O)[C@@H]1C. The Kier molecular flexibility index (Phi) is 14.6. The number of anilines is 1. The van der Waals surface area contributed by atoms with Gasteiger partial charge in [0, 0.05) is 73.3 Å². The van der Waals surface area contributed by atoms with Gasteiger partial charge >= 0.3 is 11.8 Å². The van der Waals surface area contributed by atoms with E-state index in [0.717, 1.165) is 5.56 Å². The summed E-state index contributed by atoms with van der Waals surface area (Å²) < 4.78 is 37.1. The number of ether oxygens (including phenoxy) is 4. The van der Waals surface area contributed by atoms with E-state index >= 15 is 0 Å². The van der Waals surface area contributed by atoms with E-state index in [0.29, 0.717) is 13.0 Å². The van der Waals surface area contributed by atoms with Crippen molar-refractivity contribution in [3.63, 3.8) is 0 Å². The van der Waals surface area contributed by atoms with Gasteiger partial charge in [-0.25, -0.2) is 4.39 Å². The highest BCUT2D eigenvalue weighted by Crippen LogP contribution is 2.55. The van der Waals surface area contributed by atoms with Crippen LogP contribution in [0.2, 0.25) is 0 Å². The number of benzene rings is 3. The number of nitrogens with one attached hydrogen (secondary N) is 2. The third-order valence-corrected chi connectivity index (χ3v) is 11.9. The molecule has 0 aliphatic carbocycles. The van der Waals surface area contributed by atoms with Crippen LogP contribution in [0.3, 0.4) is 0 Å². The van der Waals surface area contributed by atoms with Gasteiger partial charge in [-0.3, -0.25) is 14.4 Å². The average molecular weight is 849 g/mol. The molecule has 0 fully saturated rings. The lowest BCUT2D eigenvalue weighted by atomic mass is 9.78. The number of fused-ring (bicyclic) bond motifs is 14. The number of carbonyl (C=O) groups excluding carboxylic acids is 3. The molecule has 3 aromatic carbocycles. The summed E-state index contributed by atoms with van der Waals surface area (Å²) in [6.07, 6.45) is 3.92. The number of ketones is 1. The summed E-state index contributed by atoms with van der Waals surface area (Å²) in [7, 11) is 1.43. The van der Waals surface area contributed by atoms with Gasteiger partial charge in [-0.2, -0.15) is 0 Å². The summed E-state index contributed by atoms with van der Waals surface area (Å²) in [5.74, 6) is -8.79. The zero-order valence-corrected chi connectivity index (χ0v) is 35.9. The summed E-state index contributed by atoms with van der Waals surface area (Å²) in [5.41, 5.74) is 0.599. The molecule has 0 spiro atoms. The molecule has 3 aliphatic rings. The second kappa shape index (κ2) is 19.1. The molecule has 61 heavy (non-hydrogen) atoms. The third kappa shape index (κ3) is 9.55. The van der Waals surface area contributed by atoms with Crippen LogP contribution in [-0.2, 0) is 36.8 Å². The fourth-order valence-electron chi connectivity index (χ4n) is 8.06. The smallest absolute Gasteiger partial charge is 0.312 e. The Morgan fingerprint density at radius 3 is 2.25 bits per heavy atom. The quantitative estimate of drug-likeness (QED) is 0.0609. The maximum absolute atomic E-state index is 14.4. The lowest BCUT2D eigenvalue weighted by molar-refractivity contribution is -0.160. The Hall–Kier alpha value is -5.48. The largest absolute Gasteiger partial charge is 0.507 e. The summed E-state index contributed by atoms with van der Waals surface area (Å²) in [4.78, 5) is 40.5. The molecule has 0 unspecified atom stereocenters. The number of hydrogen-bond donors (Lipinski definition) is 7. The molecular weight excluding hydrogens is 792 g/mol. The Labute approximate surface area is 354 Å². The number of carbonyl (C=O) groups is 3. The van der Waals surface area contributed by atoms with Gasteiger partial charge in [0.1, 0.15) is 29.2 Å². The predicted octanol–water partition coefficient (Wildman–Crippen LogP) is 6.23. The molecule has 0 saturated carbocycles. The number of allylic oxidation sites excluding steroid dienone is 2. The molecule has 9 atom stereocenters. The first-order valence-corrected chi connectivity index (χ1v) is 20.3. The van der Waals surface area contributed by atoms with Gasteiger partial charge in [0.2, 0.25) is 0 Å². The van der Waals surface area contributed by atoms with E-state index in [1.807, 2.05) is 0 Å². The summed E-state index contributed by atoms with van der Waals surface area (Å²) in [6, 6.07) is 5.95. The molecule has 0 aromatic heterocycles. The molecule has 1 amide bonds. The van der Waals surface area contributed by atoms with Crippen molar-refractivity contribution in [2.75, 3.05) is 19.0 Å². The number of aliphatic hydroxyl groups is 2. The first-order chi connectivity index (χ1) is 28.7. The van der Waals surface area contributed by atoms with Crippen LogP contribution in [0.1, 0.15) is 75.5 Å². The minimum atomic E-state index is -2.06. The maximum atomic E-state index is 14.4. The number of halogens is 1. The molecule has 15 heteroatoms. The molecule has 0 radical (unpaired) electrons. The van der Waals surface area contributed by atoms with Gasteiger partial charge in [0.05, 0.1) is 41.2 Å². The number of methoxy groups -OCH3 is 1. The highest BCUT2D eigenvalue weighted by atomic mass is 19.1. The molecule has 3 aliphatic heterocycles. The van der Waals surface area contributed by atoms with E-state index in [9.17, 15) is 44.3 Å². The van der Waals surface area contributed by atoms with E-state index in [-0.39, 0.29) is 56.8 Å². The minimum Gasteiger partial charge on any atom is -0.507 e. The van der Waals surface area contributed by atoms with Crippen LogP contribution in [-0.4, -0.2) is 87.0 Å². The molecule has 3 aromatic rings. The van der Waals surface area contributed by atoms with E-state index < -0.39 is 88.8 Å². The van der Waals surface area contributed by atoms with Crippen molar-refractivity contribution in [1.29, 1.82) is 0 Å². The lowest BCUT2D eigenvalue weighted by Gasteiger charge is -2.38. The summed E-state index contributed by atoms with van der Waals surface area (Å²) >= 11 is 0. The number of aliphatic hydroxyl groups excluding tert-OH is 2. The Morgan fingerprint density at radius 1 is 0.934 bits per heavy atom. The zero-order chi connectivity index (χ0) is 45.1. The van der Waals surface area contributed by atoms with Gasteiger partial charge in [0.15, 0.2) is 5.75 Å². The van der Waals surface area contributed by atoms with Crippen molar-refractivity contribution >= 4 is 34.1 Å². The maximum Gasteiger partial charge on any atom is 0.312 e. The number of esters is 1. The number of hydrogen-bond acceptors (Lipinski definition) is 13. The number of aromatic hydroxyl groups is 3. The summed E-state index contributed by atoms with van der Waals surface area (Å²) in [5, 5.41) is 63.7. The van der Waals surface area contributed by atoms with Crippen LogP contribution >= 0.6 is 0 Å². The van der Waals surface area contributed by atoms with E-state index in [1.165, 1.54) is 65.4 Å². The number of phenols is 3. The third-order valence-electron chi connectivity index (χ3n) is 11.9. The molecule has 330 valence electrons. The zero-order valence-electron chi connectivity index (χ0n) is 35.9. The highest BCUT2D eigenvalue weighted by molar-refractivity contribution is 6.22. The number of rotatable bonds is 7. The van der Waals surface area contributed by atoms with E-state index in [2.05, 4.69) is 10.6 Å². The van der Waals surface area contributed by atoms with Gasteiger partial charge in [-0.15, -0.1) is 0 Å². The van der Waals surface area contributed by atoms with E-state index in [4.69, 9.17) is 18.9 Å². The van der Waals surface area contributed by atoms with Crippen LogP contribution < -0.4 is 15.4 Å². The second-order valence-electron chi connectivity index (χ2n) is 16.2. The molecule has 3 heterocycles. The lowest BCUT2D eigenvalue weighted by Crippen LogP contribution is -2.46. The Bertz CT molecular complexity index is 2240. The monoisotopic (exact) mass is 848 g/mol. The summed E-state index contributed by atoms with van der Waals surface area (Å²) in [6.45, 7) is 12.6. The number of Topliss-reactive ketones (excluding diaryl/α,β-unsaturated/α-hetero) is 1. The van der Waals surface area contributed by atoms with Gasteiger partial charge < -0.3 is 55.1 Å². The first-order valence-electron chi connectivity index (χ1n) is 20.3. The average Bonchev–Trinajstić information content (AvgIpc) is 3.49. The van der Waals surface area contributed by atoms with Crippen LogP contribution in [0.25, 0.3) is 10.8 Å². The van der Waals surface area contributed by atoms with Gasteiger partial charge in [-0.05, 0) is 50.6 Å². The second-order valence-corrected chi connectivity index (χ2v) is 16.2. The van der Waals surface area contributed by atoms with Crippen LogP contribution in [0.15, 0.2) is 60.4 Å². The van der Waals surface area contributed by atoms with Crippen molar-refractivity contribution in [3.05, 3.63) is 88.5 Å². The van der Waals surface area contributed by atoms with E-state index in [1.54, 1.807) is 52.0 Å². The normalized spacial score (nSPS) is 29.3. The topological polar surface area (TPSA) is 213 Å². The number of phenolic OH excluding ortho intramolecular Hbond substituents is 3. The molecule has 14 nitrogen and oxygen atoms in total. The van der Waals surface area contributed by atoms with Crippen molar-refractivity contribution in [2.24, 2.45) is 23.7 Å². The van der Waals surface area contributed by atoms with Gasteiger partial charge in [-0.1, -0.05) is 58.1 Å².